The van der Waals surface area contributed by atoms with Gasteiger partial charge in [-0.15, -0.1) is 0 Å². The SMILES string of the molecule is CC1(C(C)(C)C2(C)CCCO2)CCCO1. The van der Waals surface area contributed by atoms with Crippen molar-refractivity contribution < 1.29 is 9.47 Å². The zero-order valence-corrected chi connectivity index (χ0v) is 10.6. The van der Waals surface area contributed by atoms with Crippen LogP contribution in [0.15, 0.2) is 0 Å². The van der Waals surface area contributed by atoms with Gasteiger partial charge >= 0.3 is 0 Å². The van der Waals surface area contributed by atoms with Crippen LogP contribution in [-0.4, -0.2) is 24.4 Å². The normalized spacial score (nSPS) is 42.4. The van der Waals surface area contributed by atoms with Gasteiger partial charge in [0.05, 0.1) is 11.2 Å². The number of rotatable bonds is 2. The van der Waals surface area contributed by atoms with Crippen LogP contribution in [0.1, 0.15) is 53.4 Å². The van der Waals surface area contributed by atoms with E-state index in [1.165, 1.54) is 25.7 Å². The molecule has 2 aliphatic heterocycles. The number of hydrogen-bond acceptors (Lipinski definition) is 2. The molecule has 0 spiro atoms. The minimum atomic E-state index is -0.00785. The third kappa shape index (κ3) is 1.53. The Bertz CT molecular complexity index is 209. The molecule has 0 N–H and O–H groups in total. The van der Waals surface area contributed by atoms with Gasteiger partial charge in [0.15, 0.2) is 0 Å². The van der Waals surface area contributed by atoms with Crippen molar-refractivity contribution in [3.8, 4) is 0 Å². The summed E-state index contributed by atoms with van der Waals surface area (Å²) in [5.74, 6) is 0. The lowest BCUT2D eigenvalue weighted by Gasteiger charge is -2.50. The van der Waals surface area contributed by atoms with Crippen LogP contribution in [0, 0.1) is 5.41 Å². The second-order valence-corrected chi connectivity index (χ2v) is 5.99. The molecule has 2 heterocycles. The fourth-order valence-electron chi connectivity index (χ4n) is 3.10. The van der Waals surface area contributed by atoms with Gasteiger partial charge in [0.2, 0.25) is 0 Å². The van der Waals surface area contributed by atoms with Gasteiger partial charge in [-0.3, -0.25) is 0 Å². The van der Waals surface area contributed by atoms with Crippen LogP contribution >= 0.6 is 0 Å². The van der Waals surface area contributed by atoms with Gasteiger partial charge in [0.1, 0.15) is 0 Å². The van der Waals surface area contributed by atoms with E-state index in [1.807, 2.05) is 0 Å². The summed E-state index contributed by atoms with van der Waals surface area (Å²) in [6.45, 7) is 11.0. The van der Waals surface area contributed by atoms with Crippen molar-refractivity contribution in [2.45, 2.75) is 64.6 Å². The Labute approximate surface area is 93.3 Å². The van der Waals surface area contributed by atoms with E-state index >= 15 is 0 Å². The first-order valence-corrected chi connectivity index (χ1v) is 6.19. The van der Waals surface area contributed by atoms with Crippen molar-refractivity contribution in [2.75, 3.05) is 13.2 Å². The molecular formula is C13H24O2. The maximum atomic E-state index is 6.00. The molecule has 2 fully saturated rings. The fraction of sp³-hybridized carbons (Fsp3) is 1.00. The summed E-state index contributed by atoms with van der Waals surface area (Å²) in [5, 5.41) is 0. The monoisotopic (exact) mass is 212 g/mol. The Morgan fingerprint density at radius 1 is 0.867 bits per heavy atom. The second-order valence-electron chi connectivity index (χ2n) is 5.99. The van der Waals surface area contributed by atoms with E-state index in [1.54, 1.807) is 0 Å². The summed E-state index contributed by atoms with van der Waals surface area (Å²) in [6.07, 6.45) is 4.71. The average molecular weight is 212 g/mol. The second kappa shape index (κ2) is 3.46. The lowest BCUT2D eigenvalue weighted by molar-refractivity contribution is -0.175. The molecule has 2 saturated heterocycles. The van der Waals surface area contributed by atoms with E-state index in [0.717, 1.165) is 13.2 Å². The first kappa shape index (κ1) is 11.4. The summed E-state index contributed by atoms with van der Waals surface area (Å²) in [5.41, 5.74) is 0.0746. The molecule has 0 amide bonds. The predicted molar refractivity (Wildman–Crippen MR) is 61.0 cm³/mol. The number of hydrogen-bond donors (Lipinski definition) is 0. The van der Waals surface area contributed by atoms with Gasteiger partial charge < -0.3 is 9.47 Å². The van der Waals surface area contributed by atoms with Crippen LogP contribution in [0.5, 0.6) is 0 Å². The third-order valence-corrected chi connectivity index (χ3v) is 5.08. The molecule has 0 radical (unpaired) electrons. The Kier molecular flexibility index (Phi) is 2.63. The first-order valence-electron chi connectivity index (χ1n) is 6.19. The summed E-state index contributed by atoms with van der Waals surface area (Å²) >= 11 is 0. The minimum Gasteiger partial charge on any atom is -0.375 e. The zero-order valence-electron chi connectivity index (χ0n) is 10.6. The van der Waals surface area contributed by atoms with Crippen molar-refractivity contribution in [3.63, 3.8) is 0 Å². The van der Waals surface area contributed by atoms with Crippen LogP contribution in [-0.2, 0) is 9.47 Å². The highest BCUT2D eigenvalue weighted by atomic mass is 16.5. The van der Waals surface area contributed by atoms with E-state index in [9.17, 15) is 0 Å². The van der Waals surface area contributed by atoms with E-state index in [2.05, 4.69) is 27.7 Å². The maximum Gasteiger partial charge on any atom is 0.0733 e. The van der Waals surface area contributed by atoms with Crippen LogP contribution in [0.3, 0.4) is 0 Å². The highest BCUT2D eigenvalue weighted by Gasteiger charge is 2.56. The van der Waals surface area contributed by atoms with Gasteiger partial charge in [-0.05, 0) is 39.5 Å². The standard InChI is InChI=1S/C13H24O2/c1-11(2,12(3)7-5-9-14-12)13(4)8-6-10-15-13/h5-10H2,1-4H3. The Balaban J connectivity index is 2.24. The van der Waals surface area contributed by atoms with E-state index in [-0.39, 0.29) is 16.6 Å². The topological polar surface area (TPSA) is 18.5 Å². The lowest BCUT2D eigenvalue weighted by atomic mass is 9.63. The van der Waals surface area contributed by atoms with Crippen LogP contribution in [0.2, 0.25) is 0 Å². The van der Waals surface area contributed by atoms with Crippen molar-refractivity contribution in [1.82, 2.24) is 0 Å². The van der Waals surface area contributed by atoms with Crippen molar-refractivity contribution in [2.24, 2.45) is 5.41 Å². The molecule has 2 unspecified atom stereocenters. The molecule has 0 aliphatic carbocycles. The van der Waals surface area contributed by atoms with Gasteiger partial charge in [-0.1, -0.05) is 13.8 Å². The zero-order chi connectivity index (χ0) is 11.2. The minimum absolute atomic E-state index is 0.00785. The number of ether oxygens (including phenoxy) is 2. The van der Waals surface area contributed by atoms with Crippen molar-refractivity contribution >= 4 is 0 Å². The van der Waals surface area contributed by atoms with Crippen LogP contribution in [0.4, 0.5) is 0 Å². The highest BCUT2D eigenvalue weighted by molar-refractivity contribution is 5.06. The fourth-order valence-corrected chi connectivity index (χ4v) is 3.10. The molecule has 2 atom stereocenters. The largest absolute Gasteiger partial charge is 0.375 e. The predicted octanol–water partition coefficient (Wildman–Crippen LogP) is 3.15. The molecule has 2 nitrogen and oxygen atoms in total. The van der Waals surface area contributed by atoms with Crippen molar-refractivity contribution in [3.05, 3.63) is 0 Å². The summed E-state index contributed by atoms with van der Waals surface area (Å²) < 4.78 is 12.0. The van der Waals surface area contributed by atoms with E-state index in [0.29, 0.717) is 0 Å². The lowest BCUT2D eigenvalue weighted by Crippen LogP contribution is -2.55. The first-order chi connectivity index (χ1) is 6.91. The Morgan fingerprint density at radius 2 is 1.27 bits per heavy atom. The summed E-state index contributed by atoms with van der Waals surface area (Å²) in [4.78, 5) is 0. The van der Waals surface area contributed by atoms with Crippen LogP contribution < -0.4 is 0 Å². The Morgan fingerprint density at radius 3 is 1.53 bits per heavy atom. The molecule has 15 heavy (non-hydrogen) atoms. The molecule has 0 saturated carbocycles. The van der Waals surface area contributed by atoms with E-state index < -0.39 is 0 Å². The van der Waals surface area contributed by atoms with Gasteiger partial charge in [0, 0.05) is 18.6 Å². The maximum absolute atomic E-state index is 6.00. The Hall–Kier alpha value is -0.0800. The molecule has 2 rings (SSSR count). The quantitative estimate of drug-likeness (QED) is 0.700. The van der Waals surface area contributed by atoms with Gasteiger partial charge in [-0.2, -0.15) is 0 Å². The summed E-state index contributed by atoms with van der Waals surface area (Å²) in [6, 6.07) is 0. The molecule has 88 valence electrons. The van der Waals surface area contributed by atoms with E-state index in [4.69, 9.17) is 9.47 Å². The summed E-state index contributed by atoms with van der Waals surface area (Å²) in [7, 11) is 0. The molecule has 2 heteroatoms. The van der Waals surface area contributed by atoms with Gasteiger partial charge in [0.25, 0.3) is 0 Å². The molecule has 0 bridgehead atoms. The average Bonchev–Trinajstić information content (AvgIpc) is 2.76. The highest BCUT2D eigenvalue weighted by Crippen LogP contribution is 2.52. The third-order valence-electron chi connectivity index (χ3n) is 5.08. The van der Waals surface area contributed by atoms with Crippen molar-refractivity contribution in [1.29, 1.82) is 0 Å². The molecule has 0 aromatic heterocycles. The van der Waals surface area contributed by atoms with Gasteiger partial charge in [-0.25, -0.2) is 0 Å². The van der Waals surface area contributed by atoms with Crippen LogP contribution in [0.25, 0.3) is 0 Å². The smallest absolute Gasteiger partial charge is 0.0733 e. The molecular weight excluding hydrogens is 188 g/mol. The molecule has 0 aromatic carbocycles. The molecule has 0 aromatic rings. The molecule has 2 aliphatic rings.